The lowest BCUT2D eigenvalue weighted by Crippen LogP contribution is -2.24. The standard InChI is InChI=1S/C15H36O2S4/c1-14(2)15(16)17-12-13-21(18(3,4)5,19(6,7)8)20(9,10)11/h1,12-13H2,2-11H3. The fourth-order valence-corrected chi connectivity index (χ4v) is 57.6. The van der Waals surface area contributed by atoms with Gasteiger partial charge in [0, 0.05) is 11.3 Å². The number of ether oxygens (including phenoxy) is 1. The molecular formula is C15H36O2S4. The molecule has 0 amide bonds. The zero-order valence-electron chi connectivity index (χ0n) is 15.6. The first kappa shape index (κ1) is 21.6. The molecule has 0 aliphatic rings. The Labute approximate surface area is 137 Å². The minimum absolute atomic E-state index is 0.250. The van der Waals surface area contributed by atoms with E-state index in [1.807, 2.05) is 0 Å². The highest BCUT2D eigenvalue weighted by molar-refractivity contribution is 9.63. The minimum atomic E-state index is -0.823. The first-order valence-corrected chi connectivity index (χ1v) is 18.7. The van der Waals surface area contributed by atoms with Gasteiger partial charge in [-0.25, -0.2) is 32.0 Å². The summed E-state index contributed by atoms with van der Waals surface area (Å²) in [6.07, 6.45) is 22.1. The van der Waals surface area contributed by atoms with E-state index in [4.69, 9.17) is 4.74 Å². The molecule has 0 aliphatic carbocycles. The lowest BCUT2D eigenvalue weighted by molar-refractivity contribution is -0.138. The summed E-state index contributed by atoms with van der Waals surface area (Å²) in [6.45, 7) is 5.92. The molecule has 0 saturated heterocycles. The third-order valence-electron chi connectivity index (χ3n) is 3.20. The topological polar surface area (TPSA) is 26.3 Å². The molecule has 0 spiro atoms. The Morgan fingerprint density at radius 2 is 1.19 bits per heavy atom. The lowest BCUT2D eigenvalue weighted by Gasteiger charge is -2.72. The molecule has 0 bridgehead atoms. The average Bonchev–Trinajstić information content (AvgIpc) is 2.17. The van der Waals surface area contributed by atoms with Gasteiger partial charge >= 0.3 is 5.97 Å². The average molecular weight is 377 g/mol. The van der Waals surface area contributed by atoms with Gasteiger partial charge in [-0.15, -0.1) is 7.12 Å². The van der Waals surface area contributed by atoms with Crippen LogP contribution in [0.3, 0.4) is 0 Å². The summed E-state index contributed by atoms with van der Waals surface area (Å²) < 4.78 is 5.47. The fourth-order valence-electron chi connectivity index (χ4n) is 2.95. The van der Waals surface area contributed by atoms with Crippen LogP contribution in [0.2, 0.25) is 0 Å². The monoisotopic (exact) mass is 376 g/mol. The van der Waals surface area contributed by atoms with Gasteiger partial charge in [-0.3, -0.25) is 0 Å². The second-order valence-corrected chi connectivity index (χ2v) is 35.2. The van der Waals surface area contributed by atoms with Crippen molar-refractivity contribution in [3.63, 3.8) is 0 Å². The fraction of sp³-hybridized carbons (Fsp3) is 0.800. The molecule has 0 aromatic rings. The van der Waals surface area contributed by atoms with E-state index in [1.165, 1.54) is 0 Å². The molecule has 0 N–H and O–H groups in total. The molecule has 0 aliphatic heterocycles. The largest absolute Gasteiger partial charge is 0.461 e. The van der Waals surface area contributed by atoms with E-state index in [2.05, 4.69) is 62.9 Å². The van der Waals surface area contributed by atoms with Crippen LogP contribution in [-0.4, -0.2) is 74.6 Å². The van der Waals surface area contributed by atoms with Crippen molar-refractivity contribution in [2.24, 2.45) is 0 Å². The maximum absolute atomic E-state index is 11.7. The van der Waals surface area contributed by atoms with Crippen molar-refractivity contribution in [2.75, 3.05) is 68.7 Å². The number of carbonyl (C=O) groups is 1. The highest BCUT2D eigenvalue weighted by Crippen LogP contribution is 3.05. The molecule has 0 heterocycles. The Morgan fingerprint density at radius 3 is 1.43 bits per heavy atom. The Balaban J connectivity index is 5.54. The quantitative estimate of drug-likeness (QED) is 0.364. The molecule has 0 unspecified atom stereocenters. The Kier molecular flexibility index (Phi) is 7.22. The Bertz CT molecular complexity index is 361. The molecule has 0 rings (SSSR count). The Hall–Kier alpha value is 0.610. The maximum atomic E-state index is 11.7. The van der Waals surface area contributed by atoms with Crippen LogP contribution in [0.15, 0.2) is 12.2 Å². The first-order chi connectivity index (χ1) is 9.08. The van der Waals surface area contributed by atoms with Crippen molar-refractivity contribution < 1.29 is 9.53 Å². The predicted octanol–water partition coefficient (Wildman–Crippen LogP) is 4.74. The summed E-state index contributed by atoms with van der Waals surface area (Å²) in [5.74, 6) is 0.794. The molecule has 0 fully saturated rings. The van der Waals surface area contributed by atoms with E-state index in [-0.39, 0.29) is 5.97 Å². The van der Waals surface area contributed by atoms with Gasteiger partial charge in [0.15, 0.2) is 0 Å². The predicted molar refractivity (Wildman–Crippen MR) is 114 cm³/mol. The van der Waals surface area contributed by atoms with E-state index < -0.39 is 34.3 Å². The second-order valence-electron chi connectivity index (χ2n) is 7.35. The van der Waals surface area contributed by atoms with E-state index >= 15 is 0 Å². The van der Waals surface area contributed by atoms with Crippen molar-refractivity contribution in [3.05, 3.63) is 12.2 Å². The van der Waals surface area contributed by atoms with Crippen LogP contribution in [0.5, 0.6) is 0 Å². The van der Waals surface area contributed by atoms with Gasteiger partial charge in [-0.1, -0.05) is 6.58 Å². The summed E-state index contributed by atoms with van der Waals surface area (Å²) >= 11 is 0. The molecule has 0 radical (unpaired) electrons. The number of hydrogen-bond donors (Lipinski definition) is 0. The number of esters is 1. The molecule has 21 heavy (non-hydrogen) atoms. The van der Waals surface area contributed by atoms with Gasteiger partial charge < -0.3 is 4.74 Å². The summed E-state index contributed by atoms with van der Waals surface area (Å²) in [7, 11) is -2.97. The normalized spacial score (nSPS) is 17.0. The summed E-state index contributed by atoms with van der Waals surface area (Å²) in [5.41, 5.74) is 0.491. The van der Waals surface area contributed by atoms with Crippen molar-refractivity contribution in [1.82, 2.24) is 0 Å². The van der Waals surface area contributed by atoms with Crippen LogP contribution in [0.25, 0.3) is 0 Å². The van der Waals surface area contributed by atoms with Crippen LogP contribution >= 0.6 is 34.3 Å². The van der Waals surface area contributed by atoms with Crippen LogP contribution in [0, 0.1) is 0 Å². The zero-order valence-corrected chi connectivity index (χ0v) is 18.8. The van der Waals surface area contributed by atoms with Gasteiger partial charge in [-0.2, -0.15) is 0 Å². The molecule has 132 valence electrons. The van der Waals surface area contributed by atoms with Gasteiger partial charge in [0.05, 0.1) is 0 Å². The zero-order chi connectivity index (χ0) is 17.3. The molecular weight excluding hydrogens is 340 g/mol. The molecule has 2 nitrogen and oxygen atoms in total. The van der Waals surface area contributed by atoms with E-state index in [1.54, 1.807) is 6.92 Å². The molecule has 0 aromatic carbocycles. The molecule has 0 saturated carbocycles. The minimum Gasteiger partial charge on any atom is -0.461 e. The van der Waals surface area contributed by atoms with Crippen LogP contribution in [-0.2, 0) is 9.53 Å². The Morgan fingerprint density at radius 1 is 0.857 bits per heavy atom. The lowest BCUT2D eigenvalue weighted by atomic mass is 10.4. The number of hydrogen-bond acceptors (Lipinski definition) is 2. The highest BCUT2D eigenvalue weighted by atomic mass is 33.9. The molecule has 0 aromatic heterocycles. The van der Waals surface area contributed by atoms with E-state index in [0.717, 1.165) is 5.75 Å². The van der Waals surface area contributed by atoms with Crippen molar-refractivity contribution >= 4 is 40.3 Å². The molecule has 6 heteroatoms. The van der Waals surface area contributed by atoms with E-state index in [0.29, 0.717) is 12.2 Å². The van der Waals surface area contributed by atoms with Crippen molar-refractivity contribution in [2.45, 2.75) is 6.92 Å². The third kappa shape index (κ3) is 4.79. The second kappa shape index (κ2) is 7.02. The van der Waals surface area contributed by atoms with Gasteiger partial charge in [0.25, 0.3) is 0 Å². The smallest absolute Gasteiger partial charge is 0.333 e. The highest BCUT2D eigenvalue weighted by Gasteiger charge is 2.46. The first-order valence-electron chi connectivity index (χ1n) is 6.76. The van der Waals surface area contributed by atoms with E-state index in [9.17, 15) is 4.79 Å². The van der Waals surface area contributed by atoms with Gasteiger partial charge in [0.1, 0.15) is 6.61 Å². The maximum Gasteiger partial charge on any atom is 0.333 e. The summed E-state index contributed by atoms with van der Waals surface area (Å²) in [5, 5.41) is 0. The van der Waals surface area contributed by atoms with Gasteiger partial charge in [0.2, 0.25) is 0 Å². The number of carbonyl (C=O) groups excluding carboxylic acids is 1. The molecule has 0 atom stereocenters. The van der Waals surface area contributed by atoms with Crippen LogP contribution in [0.4, 0.5) is 0 Å². The van der Waals surface area contributed by atoms with Crippen molar-refractivity contribution in [1.29, 1.82) is 0 Å². The SMILES string of the molecule is C=C(C)C(=O)OCCS(S(C)(C)C)(S(C)(C)C)S(C)(C)C. The number of rotatable bonds is 7. The van der Waals surface area contributed by atoms with Crippen molar-refractivity contribution in [3.8, 4) is 0 Å². The third-order valence-corrected chi connectivity index (χ3v) is 45.7. The van der Waals surface area contributed by atoms with Crippen LogP contribution in [0.1, 0.15) is 6.92 Å². The summed E-state index contributed by atoms with van der Waals surface area (Å²) in [4.78, 5) is 11.7. The van der Waals surface area contributed by atoms with Crippen LogP contribution < -0.4 is 0 Å². The summed E-state index contributed by atoms with van der Waals surface area (Å²) in [6, 6.07) is 0. The van der Waals surface area contributed by atoms with Gasteiger partial charge in [-0.05, 0) is 63.2 Å².